The Hall–Kier alpha value is -1.63. The lowest BCUT2D eigenvalue weighted by Crippen LogP contribution is -2.57. The van der Waals surface area contributed by atoms with Gasteiger partial charge in [0.2, 0.25) is 0 Å². The fraction of sp³-hybridized carbons (Fsp3) is 0.696. The van der Waals surface area contributed by atoms with Crippen molar-refractivity contribution >= 4 is 11.6 Å². The number of nitrogens with zero attached hydrogens (tertiary/aromatic N) is 3. The highest BCUT2D eigenvalue weighted by molar-refractivity contribution is 5.95. The van der Waals surface area contributed by atoms with Crippen LogP contribution in [0.15, 0.2) is 24.3 Å². The summed E-state index contributed by atoms with van der Waals surface area (Å²) in [5.74, 6) is 0.126. The van der Waals surface area contributed by atoms with Gasteiger partial charge in [-0.1, -0.05) is 6.07 Å². The zero-order valence-electron chi connectivity index (χ0n) is 17.8. The van der Waals surface area contributed by atoms with Gasteiger partial charge in [-0.15, -0.1) is 0 Å². The molecule has 1 amide bonds. The highest BCUT2D eigenvalue weighted by atomic mass is 16.5. The van der Waals surface area contributed by atoms with Crippen molar-refractivity contribution in [1.82, 2.24) is 9.80 Å². The molecule has 1 aromatic carbocycles. The average molecular weight is 402 g/mol. The molecule has 4 rings (SSSR count). The van der Waals surface area contributed by atoms with Gasteiger partial charge in [-0.05, 0) is 55.7 Å². The maximum Gasteiger partial charge on any atom is 0.253 e. The fourth-order valence-corrected chi connectivity index (χ4v) is 5.37. The molecule has 3 heterocycles. The SMILES string of the molecule is CN(C)c1cccc(C(=O)N2CCC3(CC2)CC(O)CN(C2CCOCC2)C3)c1. The minimum absolute atomic E-state index is 0.126. The molecular weight excluding hydrogens is 366 g/mol. The summed E-state index contributed by atoms with van der Waals surface area (Å²) in [6.45, 7) is 5.05. The maximum atomic E-state index is 13.1. The summed E-state index contributed by atoms with van der Waals surface area (Å²) < 4.78 is 5.52. The molecule has 3 aliphatic rings. The number of ether oxygens (including phenoxy) is 1. The van der Waals surface area contributed by atoms with Crippen LogP contribution >= 0.6 is 0 Å². The first-order valence-corrected chi connectivity index (χ1v) is 11.0. The second-order valence-electron chi connectivity index (χ2n) is 9.37. The van der Waals surface area contributed by atoms with Crippen molar-refractivity contribution in [3.63, 3.8) is 0 Å². The van der Waals surface area contributed by atoms with Gasteiger partial charge in [-0.2, -0.15) is 0 Å². The number of aliphatic hydroxyl groups is 1. The molecule has 0 bridgehead atoms. The van der Waals surface area contributed by atoms with Crippen LogP contribution in [0.2, 0.25) is 0 Å². The molecule has 6 heteroatoms. The van der Waals surface area contributed by atoms with Crippen LogP contribution in [0.4, 0.5) is 5.69 Å². The number of carbonyl (C=O) groups is 1. The highest BCUT2D eigenvalue weighted by Crippen LogP contribution is 2.41. The van der Waals surface area contributed by atoms with E-state index in [9.17, 15) is 9.90 Å². The summed E-state index contributed by atoms with van der Waals surface area (Å²) in [5, 5.41) is 10.6. The number of amides is 1. The Balaban J connectivity index is 1.40. The summed E-state index contributed by atoms with van der Waals surface area (Å²) in [4.78, 5) is 19.6. The number of hydrogen-bond donors (Lipinski definition) is 1. The van der Waals surface area contributed by atoms with Gasteiger partial charge in [0, 0.05) is 70.8 Å². The number of β-amino-alcohol motifs (C(OH)–C–C–N with tert-alkyl or cyclic N) is 1. The smallest absolute Gasteiger partial charge is 0.253 e. The minimum Gasteiger partial charge on any atom is -0.392 e. The van der Waals surface area contributed by atoms with E-state index >= 15 is 0 Å². The molecule has 0 radical (unpaired) electrons. The molecular formula is C23H35N3O3. The van der Waals surface area contributed by atoms with E-state index in [1.54, 1.807) is 0 Å². The largest absolute Gasteiger partial charge is 0.392 e. The van der Waals surface area contributed by atoms with E-state index in [4.69, 9.17) is 4.74 Å². The number of aliphatic hydroxyl groups excluding tert-OH is 1. The number of anilines is 1. The Kier molecular flexibility index (Phi) is 6.13. The summed E-state index contributed by atoms with van der Waals surface area (Å²) in [7, 11) is 3.99. The molecule has 1 N–H and O–H groups in total. The lowest BCUT2D eigenvalue weighted by atomic mass is 9.71. The van der Waals surface area contributed by atoms with Crippen LogP contribution in [-0.2, 0) is 4.74 Å². The topological polar surface area (TPSA) is 56.2 Å². The van der Waals surface area contributed by atoms with E-state index in [1.165, 1.54) is 0 Å². The molecule has 0 saturated carbocycles. The van der Waals surface area contributed by atoms with Gasteiger partial charge < -0.3 is 19.6 Å². The number of hydrogen-bond acceptors (Lipinski definition) is 5. The zero-order valence-corrected chi connectivity index (χ0v) is 17.8. The third-order valence-corrected chi connectivity index (χ3v) is 7.08. The van der Waals surface area contributed by atoms with E-state index in [-0.39, 0.29) is 17.4 Å². The molecule has 160 valence electrons. The lowest BCUT2D eigenvalue weighted by molar-refractivity contribution is -0.0695. The third kappa shape index (κ3) is 4.60. The number of likely N-dealkylation sites (tertiary alicyclic amines) is 2. The predicted octanol–water partition coefficient (Wildman–Crippen LogP) is 2.22. The number of carbonyl (C=O) groups excluding carboxylic acids is 1. The molecule has 6 nitrogen and oxygen atoms in total. The Morgan fingerprint density at radius 2 is 1.93 bits per heavy atom. The van der Waals surface area contributed by atoms with E-state index in [2.05, 4.69) is 4.90 Å². The first-order valence-electron chi connectivity index (χ1n) is 11.0. The molecule has 3 aliphatic heterocycles. The van der Waals surface area contributed by atoms with Crippen molar-refractivity contribution in [2.75, 3.05) is 58.4 Å². The second kappa shape index (κ2) is 8.62. The first-order chi connectivity index (χ1) is 14.0. The van der Waals surface area contributed by atoms with Gasteiger partial charge in [0.1, 0.15) is 0 Å². The predicted molar refractivity (Wildman–Crippen MR) is 114 cm³/mol. The van der Waals surface area contributed by atoms with Crippen molar-refractivity contribution < 1.29 is 14.6 Å². The fourth-order valence-electron chi connectivity index (χ4n) is 5.37. The second-order valence-corrected chi connectivity index (χ2v) is 9.37. The first kappa shape index (κ1) is 20.6. The van der Waals surface area contributed by atoms with Crippen LogP contribution in [0.1, 0.15) is 42.5 Å². The Morgan fingerprint density at radius 3 is 2.62 bits per heavy atom. The summed E-state index contributed by atoms with van der Waals surface area (Å²) >= 11 is 0. The van der Waals surface area contributed by atoms with Crippen LogP contribution in [0, 0.1) is 5.41 Å². The molecule has 29 heavy (non-hydrogen) atoms. The molecule has 1 spiro atoms. The van der Waals surface area contributed by atoms with Crippen molar-refractivity contribution in [1.29, 1.82) is 0 Å². The summed E-state index contributed by atoms with van der Waals surface area (Å²) in [6.07, 6.45) is 4.69. The summed E-state index contributed by atoms with van der Waals surface area (Å²) in [6, 6.07) is 8.40. The molecule has 1 atom stereocenters. The monoisotopic (exact) mass is 401 g/mol. The highest BCUT2D eigenvalue weighted by Gasteiger charge is 2.43. The summed E-state index contributed by atoms with van der Waals surface area (Å²) in [5.41, 5.74) is 1.95. The van der Waals surface area contributed by atoms with Crippen molar-refractivity contribution in [2.45, 2.75) is 44.2 Å². The number of rotatable bonds is 3. The Bertz CT molecular complexity index is 709. The van der Waals surface area contributed by atoms with E-state index in [0.717, 1.165) is 82.7 Å². The van der Waals surface area contributed by atoms with Gasteiger partial charge in [-0.25, -0.2) is 0 Å². The van der Waals surface area contributed by atoms with E-state index < -0.39 is 0 Å². The normalized spacial score (nSPS) is 25.9. The van der Waals surface area contributed by atoms with Crippen LogP contribution in [0.25, 0.3) is 0 Å². The Labute approximate surface area is 174 Å². The van der Waals surface area contributed by atoms with Crippen molar-refractivity contribution in [2.24, 2.45) is 5.41 Å². The standard InChI is InChI=1S/C23H35N3O3/c1-24(2)20-5-3-4-18(14-20)22(28)25-10-8-23(9-11-25)15-21(27)16-26(17-23)19-6-12-29-13-7-19/h3-5,14,19,21,27H,6-13,15-17H2,1-2H3. The molecule has 1 unspecified atom stereocenters. The average Bonchev–Trinajstić information content (AvgIpc) is 2.74. The van der Waals surface area contributed by atoms with Crippen molar-refractivity contribution in [3.8, 4) is 0 Å². The van der Waals surface area contributed by atoms with Crippen LogP contribution in [0.5, 0.6) is 0 Å². The molecule has 0 aliphatic carbocycles. The van der Waals surface area contributed by atoms with Crippen molar-refractivity contribution in [3.05, 3.63) is 29.8 Å². The number of piperidine rings is 2. The molecule has 0 aromatic heterocycles. The van der Waals surface area contributed by atoms with E-state index in [1.807, 2.05) is 48.2 Å². The zero-order chi connectivity index (χ0) is 20.4. The minimum atomic E-state index is -0.259. The quantitative estimate of drug-likeness (QED) is 0.842. The molecule has 3 fully saturated rings. The third-order valence-electron chi connectivity index (χ3n) is 7.08. The lowest BCUT2D eigenvalue weighted by Gasteiger charge is -2.51. The van der Waals surface area contributed by atoms with Crippen LogP contribution in [0.3, 0.4) is 0 Å². The Morgan fingerprint density at radius 1 is 1.21 bits per heavy atom. The molecule has 1 aromatic rings. The van der Waals surface area contributed by atoms with Crippen LogP contribution in [-0.4, -0.2) is 86.4 Å². The van der Waals surface area contributed by atoms with Crippen LogP contribution < -0.4 is 4.90 Å². The van der Waals surface area contributed by atoms with Gasteiger partial charge in [0.15, 0.2) is 0 Å². The maximum absolute atomic E-state index is 13.1. The van der Waals surface area contributed by atoms with Gasteiger partial charge >= 0.3 is 0 Å². The number of benzene rings is 1. The van der Waals surface area contributed by atoms with Gasteiger partial charge in [-0.3, -0.25) is 9.69 Å². The van der Waals surface area contributed by atoms with Gasteiger partial charge in [0.25, 0.3) is 5.91 Å². The van der Waals surface area contributed by atoms with Gasteiger partial charge in [0.05, 0.1) is 6.10 Å². The molecule has 3 saturated heterocycles. The van der Waals surface area contributed by atoms with E-state index in [0.29, 0.717) is 6.04 Å².